The summed E-state index contributed by atoms with van der Waals surface area (Å²) in [6, 6.07) is 5.22. The summed E-state index contributed by atoms with van der Waals surface area (Å²) in [7, 11) is 1.57. The molecule has 0 bridgehead atoms. The first-order valence-corrected chi connectivity index (χ1v) is 7.03. The normalized spacial score (nSPS) is 14.5. The van der Waals surface area contributed by atoms with Gasteiger partial charge in [0.2, 0.25) is 5.91 Å². The van der Waals surface area contributed by atoms with Gasteiger partial charge in [0, 0.05) is 7.11 Å². The van der Waals surface area contributed by atoms with Gasteiger partial charge in [-0.1, -0.05) is 6.07 Å². The summed E-state index contributed by atoms with van der Waals surface area (Å²) in [4.78, 5) is 23.1. The maximum Gasteiger partial charge on any atom is 0.262 e. The Balaban J connectivity index is 1.89. The monoisotopic (exact) mass is 308 g/mol. The maximum absolute atomic E-state index is 11.8. The van der Waals surface area contributed by atoms with Gasteiger partial charge in [0.1, 0.15) is 12.4 Å². The van der Waals surface area contributed by atoms with E-state index in [2.05, 4.69) is 10.6 Å². The Morgan fingerprint density at radius 3 is 3.05 bits per heavy atom. The summed E-state index contributed by atoms with van der Waals surface area (Å²) in [5, 5.41) is 5.57. The lowest BCUT2D eigenvalue weighted by Gasteiger charge is -2.21. The second-order valence-electron chi connectivity index (χ2n) is 4.93. The lowest BCUT2D eigenvalue weighted by Crippen LogP contribution is -2.31. The number of methoxy groups -OCH3 is 1. The number of amides is 2. The van der Waals surface area contributed by atoms with Gasteiger partial charge in [-0.3, -0.25) is 9.59 Å². The molecule has 1 aliphatic heterocycles. The first-order valence-electron chi connectivity index (χ1n) is 7.03. The van der Waals surface area contributed by atoms with Crippen LogP contribution in [0.25, 0.3) is 0 Å². The van der Waals surface area contributed by atoms with E-state index in [-0.39, 0.29) is 31.1 Å². The number of fused-ring (bicyclic) bond motifs is 1. The molecule has 0 fully saturated rings. The van der Waals surface area contributed by atoms with Crippen molar-refractivity contribution in [3.05, 3.63) is 23.8 Å². The van der Waals surface area contributed by atoms with E-state index < -0.39 is 0 Å². The molecule has 2 amide bonds. The fourth-order valence-electron chi connectivity index (χ4n) is 2.04. The number of benzene rings is 1. The van der Waals surface area contributed by atoms with Crippen molar-refractivity contribution in [2.24, 2.45) is 0 Å². The molecular weight excluding hydrogens is 288 g/mol. The third kappa shape index (κ3) is 4.44. The van der Waals surface area contributed by atoms with Crippen LogP contribution < -0.4 is 15.4 Å². The van der Waals surface area contributed by atoms with Crippen LogP contribution in [-0.2, 0) is 19.1 Å². The van der Waals surface area contributed by atoms with Gasteiger partial charge in [-0.2, -0.15) is 0 Å². The molecule has 22 heavy (non-hydrogen) atoms. The molecule has 120 valence electrons. The first-order chi connectivity index (χ1) is 10.6. The van der Waals surface area contributed by atoms with E-state index in [4.69, 9.17) is 14.2 Å². The Hall–Kier alpha value is -2.12. The lowest BCUT2D eigenvalue weighted by molar-refractivity contribution is -0.126. The third-order valence-electron chi connectivity index (χ3n) is 3.18. The highest BCUT2D eigenvalue weighted by Crippen LogP contribution is 2.30. The minimum Gasteiger partial charge on any atom is -0.482 e. The maximum atomic E-state index is 11.8. The van der Waals surface area contributed by atoms with Crippen LogP contribution in [0.2, 0.25) is 0 Å². The Bertz CT molecular complexity index is 547. The molecule has 1 aliphatic rings. The summed E-state index contributed by atoms with van der Waals surface area (Å²) in [5.41, 5.74) is 1.49. The largest absolute Gasteiger partial charge is 0.482 e. The molecule has 1 heterocycles. The quantitative estimate of drug-likeness (QED) is 0.730. The van der Waals surface area contributed by atoms with Crippen molar-refractivity contribution in [2.75, 3.05) is 38.9 Å². The molecule has 0 saturated heterocycles. The Morgan fingerprint density at radius 1 is 1.45 bits per heavy atom. The van der Waals surface area contributed by atoms with Crippen LogP contribution in [0, 0.1) is 0 Å². The van der Waals surface area contributed by atoms with E-state index in [9.17, 15) is 9.59 Å². The van der Waals surface area contributed by atoms with Gasteiger partial charge in [0.25, 0.3) is 5.91 Å². The van der Waals surface area contributed by atoms with E-state index in [0.29, 0.717) is 24.7 Å². The van der Waals surface area contributed by atoms with Crippen LogP contribution in [0.1, 0.15) is 18.5 Å². The fourth-order valence-corrected chi connectivity index (χ4v) is 2.04. The predicted octanol–water partition coefficient (Wildman–Crippen LogP) is 0.858. The van der Waals surface area contributed by atoms with Crippen molar-refractivity contribution in [2.45, 2.75) is 13.0 Å². The van der Waals surface area contributed by atoms with Crippen molar-refractivity contribution in [1.82, 2.24) is 5.32 Å². The van der Waals surface area contributed by atoms with Crippen LogP contribution in [0.5, 0.6) is 5.75 Å². The number of carbonyl (C=O) groups excluding carboxylic acids is 2. The van der Waals surface area contributed by atoms with Crippen molar-refractivity contribution in [3.8, 4) is 5.75 Å². The van der Waals surface area contributed by atoms with Gasteiger partial charge in [0.15, 0.2) is 6.61 Å². The molecule has 2 rings (SSSR count). The second-order valence-corrected chi connectivity index (χ2v) is 4.93. The molecule has 1 atom stereocenters. The molecule has 7 heteroatoms. The zero-order valence-electron chi connectivity index (χ0n) is 12.7. The molecule has 7 nitrogen and oxygen atoms in total. The van der Waals surface area contributed by atoms with Crippen molar-refractivity contribution >= 4 is 17.5 Å². The average molecular weight is 308 g/mol. The van der Waals surface area contributed by atoms with Crippen molar-refractivity contribution in [3.63, 3.8) is 0 Å². The van der Waals surface area contributed by atoms with Crippen LogP contribution in [0.3, 0.4) is 0 Å². The number of rotatable bonds is 7. The van der Waals surface area contributed by atoms with Gasteiger partial charge in [-0.25, -0.2) is 0 Å². The highest BCUT2D eigenvalue weighted by molar-refractivity contribution is 5.95. The number of anilines is 1. The fraction of sp³-hybridized carbons (Fsp3) is 0.467. The molecule has 2 N–H and O–H groups in total. The van der Waals surface area contributed by atoms with Crippen molar-refractivity contribution < 1.29 is 23.8 Å². The molecular formula is C15H20N2O5. The SMILES string of the molecule is COCCOCC(=O)N[C@@H](C)c1ccc2c(c1)NC(=O)CO2. The Kier molecular flexibility index (Phi) is 5.74. The molecule has 1 aromatic carbocycles. The van der Waals surface area contributed by atoms with Gasteiger partial charge in [-0.05, 0) is 24.6 Å². The van der Waals surface area contributed by atoms with Gasteiger partial charge >= 0.3 is 0 Å². The number of hydrogen-bond donors (Lipinski definition) is 2. The summed E-state index contributed by atoms with van der Waals surface area (Å²) in [6.45, 7) is 2.70. The standard InChI is InChI=1S/C15H20N2O5/c1-10(16-14(18)8-21-6-5-20-2)11-3-4-13-12(7-11)17-15(19)9-22-13/h3-4,7,10H,5-6,8-9H2,1-2H3,(H,16,18)(H,17,19)/t10-/m0/s1. The number of hydrogen-bond acceptors (Lipinski definition) is 5. The summed E-state index contributed by atoms with van der Waals surface area (Å²) in [5.74, 6) is 0.235. The molecule has 1 aromatic rings. The van der Waals surface area contributed by atoms with Crippen LogP contribution in [0.4, 0.5) is 5.69 Å². The Labute approximate surface area is 128 Å². The molecule has 0 radical (unpaired) electrons. The van der Waals surface area contributed by atoms with E-state index in [0.717, 1.165) is 5.56 Å². The highest BCUT2D eigenvalue weighted by Gasteiger charge is 2.18. The number of nitrogens with one attached hydrogen (secondary N) is 2. The number of carbonyl (C=O) groups is 2. The zero-order valence-corrected chi connectivity index (χ0v) is 12.7. The van der Waals surface area contributed by atoms with Crippen LogP contribution in [-0.4, -0.2) is 45.4 Å². The summed E-state index contributed by atoms with van der Waals surface area (Å²) >= 11 is 0. The van der Waals surface area contributed by atoms with Crippen LogP contribution >= 0.6 is 0 Å². The van der Waals surface area contributed by atoms with Crippen LogP contribution in [0.15, 0.2) is 18.2 Å². The molecule has 0 aromatic heterocycles. The van der Waals surface area contributed by atoms with Gasteiger partial charge in [0.05, 0.1) is 24.9 Å². The lowest BCUT2D eigenvalue weighted by atomic mass is 10.1. The first kappa shape index (κ1) is 16.3. The topological polar surface area (TPSA) is 85.9 Å². The summed E-state index contributed by atoms with van der Waals surface area (Å²) in [6.07, 6.45) is 0. The summed E-state index contributed by atoms with van der Waals surface area (Å²) < 4.78 is 15.3. The minimum atomic E-state index is -0.207. The predicted molar refractivity (Wildman–Crippen MR) is 79.8 cm³/mol. The average Bonchev–Trinajstić information content (AvgIpc) is 2.50. The van der Waals surface area contributed by atoms with Crippen molar-refractivity contribution in [1.29, 1.82) is 0 Å². The highest BCUT2D eigenvalue weighted by atomic mass is 16.5. The van der Waals surface area contributed by atoms with E-state index in [1.807, 2.05) is 13.0 Å². The van der Waals surface area contributed by atoms with E-state index in [1.54, 1.807) is 19.2 Å². The molecule has 0 spiro atoms. The van der Waals surface area contributed by atoms with E-state index in [1.165, 1.54) is 0 Å². The molecule has 0 saturated carbocycles. The minimum absolute atomic E-state index is 0.0154. The van der Waals surface area contributed by atoms with Gasteiger partial charge < -0.3 is 24.8 Å². The molecule has 0 aliphatic carbocycles. The third-order valence-corrected chi connectivity index (χ3v) is 3.18. The zero-order chi connectivity index (χ0) is 15.9. The number of ether oxygens (including phenoxy) is 3. The molecule has 0 unspecified atom stereocenters. The van der Waals surface area contributed by atoms with E-state index >= 15 is 0 Å². The second kappa shape index (κ2) is 7.77. The smallest absolute Gasteiger partial charge is 0.262 e. The van der Waals surface area contributed by atoms with Gasteiger partial charge in [-0.15, -0.1) is 0 Å². The Morgan fingerprint density at radius 2 is 2.27 bits per heavy atom.